The summed E-state index contributed by atoms with van der Waals surface area (Å²) in [6, 6.07) is 0. The molecule has 0 spiro atoms. The fraction of sp³-hybridized carbons (Fsp3) is 0. The fourth-order valence-corrected chi connectivity index (χ4v) is 0.0729. The quantitative estimate of drug-likeness (QED) is 0.483. The van der Waals surface area contributed by atoms with E-state index in [1.807, 2.05) is 0 Å². The Bertz CT molecular complexity index is 76.7. The number of hydrogen-bond acceptors (Lipinski definition) is 2. The Balaban J connectivity index is 0. The summed E-state index contributed by atoms with van der Waals surface area (Å²) in [5.41, 5.74) is 0. The third kappa shape index (κ3) is 8.99. The van der Waals surface area contributed by atoms with Gasteiger partial charge in [-0.05, 0) is 0 Å². The van der Waals surface area contributed by atoms with Crippen molar-refractivity contribution in [1.29, 1.82) is 10.5 Å². The molecule has 0 saturated carbocycles. The van der Waals surface area contributed by atoms with Crippen molar-refractivity contribution < 1.29 is 32.0 Å². The smallest absolute Gasteiger partial charge is 0 e. The van der Waals surface area contributed by atoms with E-state index in [0.29, 0.717) is 0 Å². The van der Waals surface area contributed by atoms with Crippen LogP contribution in [0.2, 0.25) is 0 Å². The van der Waals surface area contributed by atoms with Gasteiger partial charge in [-0.15, -0.1) is 0 Å². The Morgan fingerprint density at radius 3 is 1.50 bits per heavy atom. The number of nitriles is 2. The van der Waals surface area contributed by atoms with E-state index in [-0.39, 0.29) is 32.0 Å². The standard InChI is InChI=1S/2CN.Cu.Fe/c2*1-2;;. The van der Waals surface area contributed by atoms with Gasteiger partial charge in [-0.2, -0.15) is 0 Å². The summed E-state index contributed by atoms with van der Waals surface area (Å²) in [6.45, 7) is 0. The van der Waals surface area contributed by atoms with Gasteiger partial charge in [-0.3, -0.25) is 0 Å². The Morgan fingerprint density at radius 2 is 1.50 bits per heavy atom. The van der Waals surface area contributed by atoms with Crippen LogP contribution >= 0.6 is 0 Å². The first-order valence-electron chi connectivity index (χ1n) is 0.801. The maximum Gasteiger partial charge on any atom is 0 e. The summed E-state index contributed by atoms with van der Waals surface area (Å²) in [6.07, 6.45) is 0. The van der Waals surface area contributed by atoms with E-state index in [0.717, 1.165) is 0 Å². The predicted molar refractivity (Wildman–Crippen MR) is 11.2 cm³/mol. The minimum atomic E-state index is 0. The average Bonchev–Trinajstić information content (AvgIpc) is 1.41. The molecule has 0 unspecified atom stereocenters. The van der Waals surface area contributed by atoms with Crippen LogP contribution in [0.5, 0.6) is 0 Å². The number of nitrogens with zero attached hydrogens (tertiary/aromatic N) is 2. The van der Waals surface area contributed by atoms with Crippen molar-refractivity contribution >= 4 is 0 Å². The molecule has 6 heavy (non-hydrogen) atoms. The summed E-state index contributed by atoms with van der Waals surface area (Å²) in [5.74, 6) is 0. The van der Waals surface area contributed by atoms with Crippen LogP contribution in [-0.4, -0.2) is 0 Å². The van der Waals surface area contributed by atoms with E-state index in [2.05, 4.69) is 0 Å². The van der Waals surface area contributed by atoms with Crippen LogP contribution in [0.25, 0.3) is 0 Å². The van der Waals surface area contributed by atoms with Crippen LogP contribution in [0.15, 0.2) is 0 Å². The zero-order chi connectivity index (χ0) is 4.12. The summed E-state index contributed by atoms with van der Waals surface area (Å²) >= 11 is 0. The van der Waals surface area contributed by atoms with Crippen LogP contribution in [0.4, 0.5) is 0 Å². The summed E-state index contributed by atoms with van der Waals surface area (Å²) < 4.78 is 0. The Kier molecular flexibility index (Phi) is 13.9. The van der Waals surface area contributed by atoms with E-state index >= 15 is 0 Å². The van der Waals surface area contributed by atoms with Gasteiger partial charge in [0.05, 0.1) is 0 Å². The average molecular weight is 171 g/mol. The molecule has 37 valence electrons. The van der Waals surface area contributed by atoms with E-state index < -0.39 is 0 Å². The predicted octanol–water partition coefficient (Wildman–Crippen LogP) is 0.0286. The Labute approximate surface area is 52.8 Å². The van der Waals surface area contributed by atoms with E-state index in [1.165, 1.54) is 0 Å². The third-order valence-electron chi connectivity index (χ3n) is 0.0791. The maximum atomic E-state index is 7.59. The van der Waals surface area contributed by atoms with Gasteiger partial charge in [-0.25, -0.2) is 0 Å². The molecule has 0 aliphatic heterocycles. The van der Waals surface area contributed by atoms with Crippen LogP contribution in [0.1, 0.15) is 0 Å². The molecule has 0 fully saturated rings. The molecule has 0 atom stereocenters. The molecule has 0 aromatic rings. The van der Waals surface area contributed by atoms with E-state index in [1.54, 1.807) is 9.94 Å². The van der Waals surface area contributed by atoms with Crippen molar-refractivity contribution in [2.75, 3.05) is 0 Å². The van der Waals surface area contributed by atoms with Crippen molar-refractivity contribution in [3.63, 3.8) is 0 Å². The Hall–Kier alpha value is 0.0190. The molecular weight excluding hydrogens is 171 g/mol. The van der Waals surface area contributed by atoms with Gasteiger partial charge in [-0.1, -0.05) is 0 Å². The molecular formula is C2CuFeN2. The second kappa shape index (κ2) is 8.89. The topological polar surface area (TPSA) is 47.6 Å². The first-order chi connectivity index (χ1) is 2.41. The zero-order valence-electron chi connectivity index (χ0n) is 2.55. The SMILES string of the molecule is N#[C][Fe][C]#N.[Cu]. The van der Waals surface area contributed by atoms with Crippen LogP contribution in [-0.2, 0) is 32.0 Å². The van der Waals surface area contributed by atoms with Crippen molar-refractivity contribution in [2.24, 2.45) is 0 Å². The molecule has 0 saturated heterocycles. The monoisotopic (exact) mass is 171 g/mol. The molecule has 0 aliphatic rings. The zero-order valence-corrected chi connectivity index (χ0v) is 4.60. The third-order valence-corrected chi connectivity index (χ3v) is 0.326. The van der Waals surface area contributed by atoms with Crippen LogP contribution < -0.4 is 0 Å². The van der Waals surface area contributed by atoms with Crippen LogP contribution in [0, 0.1) is 20.5 Å². The molecule has 0 aromatic carbocycles. The number of hydrogen-bond donors (Lipinski definition) is 0. The number of rotatable bonds is 0. The molecule has 0 N–H and O–H groups in total. The van der Waals surface area contributed by atoms with Crippen LogP contribution in [0.3, 0.4) is 0 Å². The normalized spacial score (nSPS) is 4.33. The molecule has 0 aliphatic carbocycles. The van der Waals surface area contributed by atoms with Crippen molar-refractivity contribution in [2.45, 2.75) is 0 Å². The molecule has 4 heteroatoms. The summed E-state index contributed by atoms with van der Waals surface area (Å²) in [4.78, 5) is 3.31. The van der Waals surface area contributed by atoms with E-state index in [9.17, 15) is 0 Å². The van der Waals surface area contributed by atoms with Gasteiger partial charge in [0, 0.05) is 17.1 Å². The molecule has 0 heterocycles. The molecule has 0 rings (SSSR count). The maximum absolute atomic E-state index is 7.59. The van der Waals surface area contributed by atoms with Gasteiger partial charge < -0.3 is 0 Å². The minimum Gasteiger partial charge on any atom is 0 e. The van der Waals surface area contributed by atoms with E-state index in [4.69, 9.17) is 10.5 Å². The molecule has 1 radical (unpaired) electrons. The second-order valence-electron chi connectivity index (χ2n) is 0.247. The fourth-order valence-electron chi connectivity index (χ4n) is 0.0177. The first-order valence-corrected chi connectivity index (χ1v) is 1.90. The first kappa shape index (κ1) is 9.39. The molecule has 0 aromatic heterocycles. The summed E-state index contributed by atoms with van der Waals surface area (Å²) in [7, 11) is 0. The van der Waals surface area contributed by atoms with Crippen molar-refractivity contribution in [1.82, 2.24) is 0 Å². The van der Waals surface area contributed by atoms with Crippen molar-refractivity contribution in [3.8, 4) is 9.94 Å². The minimum absolute atomic E-state index is 0. The van der Waals surface area contributed by atoms with Gasteiger partial charge >= 0.3 is 35.4 Å². The summed E-state index contributed by atoms with van der Waals surface area (Å²) in [5, 5.41) is 15.2. The Morgan fingerprint density at radius 1 is 1.17 bits per heavy atom. The van der Waals surface area contributed by atoms with Gasteiger partial charge in [0.15, 0.2) is 0 Å². The second-order valence-corrected chi connectivity index (χ2v) is 1.02. The van der Waals surface area contributed by atoms with Gasteiger partial charge in [0.25, 0.3) is 0 Å². The molecule has 0 bridgehead atoms. The van der Waals surface area contributed by atoms with Crippen molar-refractivity contribution in [3.05, 3.63) is 0 Å². The largest absolute Gasteiger partial charge is 0 e. The molecule has 0 amide bonds. The van der Waals surface area contributed by atoms with Gasteiger partial charge in [0.2, 0.25) is 0 Å². The molecule has 2 nitrogen and oxygen atoms in total. The van der Waals surface area contributed by atoms with Gasteiger partial charge in [0.1, 0.15) is 0 Å².